The van der Waals surface area contributed by atoms with E-state index < -0.39 is 17.0 Å². The van der Waals surface area contributed by atoms with Crippen molar-refractivity contribution in [2.24, 2.45) is 11.1 Å². The monoisotopic (exact) mass is 544 g/mol. The Kier molecular flexibility index (Phi) is 4.45. The zero-order valence-electron chi connectivity index (χ0n) is 22.3. The molecule has 6 aliphatic rings. The normalized spacial score (nSPS) is 30.5. The molecule has 40 heavy (non-hydrogen) atoms. The number of pyridine rings is 2. The van der Waals surface area contributed by atoms with Crippen LogP contribution in [-0.2, 0) is 39.5 Å². The van der Waals surface area contributed by atoms with Crippen molar-refractivity contribution < 1.29 is 23.8 Å². The van der Waals surface area contributed by atoms with Crippen molar-refractivity contribution in [3.63, 3.8) is 0 Å². The van der Waals surface area contributed by atoms with E-state index in [9.17, 15) is 19.5 Å². The second kappa shape index (κ2) is 7.36. The van der Waals surface area contributed by atoms with Gasteiger partial charge in [0.1, 0.15) is 12.4 Å². The zero-order valence-corrected chi connectivity index (χ0v) is 22.3. The lowest BCUT2D eigenvalue weighted by molar-refractivity contribution is -0.173. The molecule has 4 aliphatic carbocycles. The number of aromatic nitrogens is 2. The number of fused-ring (bicyclic) bond motifs is 5. The first-order valence-corrected chi connectivity index (χ1v) is 13.9. The average Bonchev–Trinajstić information content (AvgIpc) is 3.26. The molecule has 3 aromatic rings. The van der Waals surface area contributed by atoms with Crippen LogP contribution < -0.4 is 16.6 Å². The fourth-order valence-corrected chi connectivity index (χ4v) is 8.12. The van der Waals surface area contributed by atoms with Crippen molar-refractivity contribution in [3.05, 3.63) is 61.7 Å². The summed E-state index contributed by atoms with van der Waals surface area (Å²) in [6.07, 6.45) is 3.30. The van der Waals surface area contributed by atoms with Crippen LogP contribution in [-0.4, -0.2) is 32.1 Å². The second-order valence-corrected chi connectivity index (χ2v) is 12.5. The number of esters is 1. The van der Waals surface area contributed by atoms with Gasteiger partial charge in [-0.25, -0.2) is 14.2 Å². The quantitative estimate of drug-likeness (QED) is 0.337. The van der Waals surface area contributed by atoms with Gasteiger partial charge < -0.3 is 25.5 Å². The van der Waals surface area contributed by atoms with E-state index in [4.69, 9.17) is 15.5 Å². The van der Waals surface area contributed by atoms with Gasteiger partial charge in [-0.2, -0.15) is 0 Å². The zero-order chi connectivity index (χ0) is 27.9. The lowest BCUT2D eigenvalue weighted by atomic mass is 9.39. The first kappa shape index (κ1) is 24.2. The third-order valence-electron chi connectivity index (χ3n) is 10.2. The number of carbonyl (C=O) groups excluding carboxylic acids is 2. The van der Waals surface area contributed by atoms with E-state index in [0.29, 0.717) is 54.6 Å². The van der Waals surface area contributed by atoms with E-state index in [1.165, 1.54) is 6.07 Å². The van der Waals surface area contributed by atoms with E-state index in [2.05, 4.69) is 5.32 Å². The minimum Gasteiger partial charge on any atom is -0.458 e. The van der Waals surface area contributed by atoms with Crippen molar-refractivity contribution >= 4 is 22.8 Å². The highest BCUT2D eigenvalue weighted by Crippen LogP contribution is 2.66. The molecule has 4 heterocycles. The molecule has 9 nitrogen and oxygen atoms in total. The number of amides is 1. The molecular weight excluding hydrogens is 515 g/mol. The van der Waals surface area contributed by atoms with E-state index in [1.807, 2.05) is 0 Å². The molecule has 0 spiro atoms. The van der Waals surface area contributed by atoms with Crippen molar-refractivity contribution in [2.45, 2.75) is 82.7 Å². The van der Waals surface area contributed by atoms with E-state index in [-0.39, 0.29) is 59.6 Å². The summed E-state index contributed by atoms with van der Waals surface area (Å²) in [5, 5.41) is 15.3. The van der Waals surface area contributed by atoms with Gasteiger partial charge in [-0.3, -0.25) is 9.59 Å². The van der Waals surface area contributed by atoms with E-state index >= 15 is 4.39 Å². The number of carbonyl (C=O) groups is 2. The number of hydrogen-bond acceptors (Lipinski definition) is 7. The van der Waals surface area contributed by atoms with Crippen LogP contribution in [0.5, 0.6) is 0 Å². The van der Waals surface area contributed by atoms with Crippen molar-refractivity contribution in [2.75, 3.05) is 0 Å². The van der Waals surface area contributed by atoms with Crippen LogP contribution in [0.1, 0.15) is 78.5 Å². The van der Waals surface area contributed by atoms with Gasteiger partial charge in [-0.1, -0.05) is 6.92 Å². The number of nitrogens with zero attached hydrogens (tertiary/aromatic N) is 2. The minimum absolute atomic E-state index is 0.00219. The maximum Gasteiger partial charge on any atom is 0.343 e. The third-order valence-corrected chi connectivity index (χ3v) is 10.2. The third kappa shape index (κ3) is 2.78. The Balaban J connectivity index is 1.33. The van der Waals surface area contributed by atoms with E-state index in [1.54, 1.807) is 24.5 Å². The lowest BCUT2D eigenvalue weighted by Crippen LogP contribution is -2.76. The number of rotatable bonds is 3. The fourth-order valence-electron chi connectivity index (χ4n) is 8.12. The first-order chi connectivity index (χ1) is 19.0. The van der Waals surface area contributed by atoms with Crippen LogP contribution in [0.25, 0.3) is 22.3 Å². The Hall–Kier alpha value is -3.63. The number of hydrogen-bond donors (Lipinski definition) is 3. The van der Waals surface area contributed by atoms with Crippen molar-refractivity contribution in [3.8, 4) is 11.4 Å². The number of halogens is 1. The Bertz CT molecular complexity index is 1790. The molecule has 0 saturated heterocycles. The number of nitrogens with one attached hydrogen (secondary N) is 1. The van der Waals surface area contributed by atoms with Crippen LogP contribution in [0.3, 0.4) is 0 Å². The maximum absolute atomic E-state index is 15.1. The molecule has 1 amide bonds. The molecule has 2 atom stereocenters. The number of aryl methyl sites for hydroxylation is 1. The summed E-state index contributed by atoms with van der Waals surface area (Å²) in [5.74, 6) is -1.14. The Morgan fingerprint density at radius 3 is 2.70 bits per heavy atom. The highest BCUT2D eigenvalue weighted by Gasteiger charge is 2.69. The molecule has 0 radical (unpaired) electrons. The van der Waals surface area contributed by atoms with Gasteiger partial charge in [0, 0.05) is 28.1 Å². The van der Waals surface area contributed by atoms with Crippen molar-refractivity contribution in [1.82, 2.24) is 14.9 Å². The summed E-state index contributed by atoms with van der Waals surface area (Å²) in [5.41, 5.74) is 8.31. The topological polar surface area (TPSA) is 137 Å². The standard InChI is InChI=1S/C30H29FN4O5/c1-3-30(39)17-6-21-24-15(8-35(21)25(36)16(17)9-40-27(30)38)23-19(34-26(37)28-10-29(32,11-28)12-28)5-4-14-13(2)18(31)7-20(33-24)22(14)23/h6-7,19,39H,3-5,8-12,32H2,1-2H3,(H,34,37)/t19?,28?,29?,30-/m0/s1. The molecule has 206 valence electrons. The van der Waals surface area contributed by atoms with Crippen LogP contribution in [0, 0.1) is 18.2 Å². The predicted molar refractivity (Wildman–Crippen MR) is 142 cm³/mol. The minimum atomic E-state index is -1.94. The largest absolute Gasteiger partial charge is 0.458 e. The number of cyclic esters (lactones) is 1. The molecule has 10 heteroatoms. The second-order valence-electron chi connectivity index (χ2n) is 12.5. The smallest absolute Gasteiger partial charge is 0.343 e. The SMILES string of the molecule is CC[C@@]1(O)C(=O)OCc2c1cc1n(c2=O)Cc2c-1nc1cc(F)c(C)c3c1c2C(NC(=O)C12CC(N)(C1)C2)CC3. The predicted octanol–water partition coefficient (Wildman–Crippen LogP) is 2.51. The first-order valence-electron chi connectivity index (χ1n) is 13.9. The molecule has 1 aromatic carbocycles. The van der Waals surface area contributed by atoms with Crippen LogP contribution in [0.4, 0.5) is 4.39 Å². The van der Waals surface area contributed by atoms with Gasteiger partial charge >= 0.3 is 5.97 Å². The van der Waals surface area contributed by atoms with Gasteiger partial charge in [0.2, 0.25) is 5.91 Å². The maximum atomic E-state index is 15.1. The summed E-state index contributed by atoms with van der Waals surface area (Å²) in [4.78, 5) is 44.6. The van der Waals surface area contributed by atoms with E-state index in [0.717, 1.165) is 22.1 Å². The van der Waals surface area contributed by atoms with Gasteiger partial charge in [0.25, 0.3) is 5.56 Å². The number of benzene rings is 1. The molecule has 2 aromatic heterocycles. The summed E-state index contributed by atoms with van der Waals surface area (Å²) in [7, 11) is 0. The molecular formula is C30H29FN4O5. The molecule has 3 fully saturated rings. The van der Waals surface area contributed by atoms with Gasteiger partial charge in [0.05, 0.1) is 40.5 Å². The highest BCUT2D eigenvalue weighted by molar-refractivity contribution is 5.94. The molecule has 3 saturated carbocycles. The molecule has 2 aliphatic heterocycles. The Morgan fingerprint density at radius 1 is 1.25 bits per heavy atom. The average molecular weight is 545 g/mol. The Morgan fingerprint density at radius 2 is 2.00 bits per heavy atom. The number of nitrogens with two attached hydrogens (primary N) is 1. The van der Waals surface area contributed by atoms with Gasteiger partial charge in [0.15, 0.2) is 5.60 Å². The van der Waals surface area contributed by atoms with Crippen LogP contribution >= 0.6 is 0 Å². The number of aliphatic hydroxyl groups is 1. The summed E-state index contributed by atoms with van der Waals surface area (Å²) < 4.78 is 21.8. The summed E-state index contributed by atoms with van der Waals surface area (Å²) in [6, 6.07) is 2.74. The van der Waals surface area contributed by atoms with Gasteiger partial charge in [-0.15, -0.1) is 0 Å². The summed E-state index contributed by atoms with van der Waals surface area (Å²) >= 11 is 0. The molecule has 9 rings (SSSR count). The highest BCUT2D eigenvalue weighted by atomic mass is 19.1. The van der Waals surface area contributed by atoms with Gasteiger partial charge in [-0.05, 0) is 68.2 Å². The van der Waals surface area contributed by atoms with Crippen LogP contribution in [0.15, 0.2) is 16.9 Å². The van der Waals surface area contributed by atoms with Crippen molar-refractivity contribution in [1.29, 1.82) is 0 Å². The lowest BCUT2D eigenvalue weighted by Gasteiger charge is -2.67. The molecule has 2 bridgehead atoms. The van der Waals surface area contributed by atoms with Crippen LogP contribution in [0.2, 0.25) is 0 Å². The fraction of sp³-hybridized carbons (Fsp3) is 0.467. The molecule has 4 N–H and O–H groups in total. The number of ether oxygens (including phenoxy) is 1. The summed E-state index contributed by atoms with van der Waals surface area (Å²) in [6.45, 7) is 3.42. The Labute approximate surface area is 228 Å². The molecule has 1 unspecified atom stereocenters.